The fourth-order valence-electron chi connectivity index (χ4n) is 0.562. The molecule has 1 aliphatic heterocycles. The number of nitrogens with zero attached hydrogens (tertiary/aromatic N) is 1. The summed E-state index contributed by atoms with van der Waals surface area (Å²) in [4.78, 5) is 4.28. The molecule has 0 aromatic rings. The predicted molar refractivity (Wildman–Crippen MR) is 42.9 cm³/mol. The molecule has 0 amide bonds. The van der Waals surface area contributed by atoms with Gasteiger partial charge in [0, 0.05) is 5.25 Å². The number of hydrogen-bond donors (Lipinski definition) is 0. The van der Waals surface area contributed by atoms with Gasteiger partial charge in [-0.2, -0.15) is 0 Å². The van der Waals surface area contributed by atoms with Crippen LogP contribution < -0.4 is 0 Å². The normalized spacial score (nSPS) is 28.2. The molecule has 0 aromatic carbocycles. The molecule has 8 heavy (non-hydrogen) atoms. The molecule has 0 aliphatic carbocycles. The van der Waals surface area contributed by atoms with E-state index in [9.17, 15) is 0 Å². The van der Waals surface area contributed by atoms with Crippen molar-refractivity contribution in [2.45, 2.75) is 12.2 Å². The van der Waals surface area contributed by atoms with Gasteiger partial charge in [-0.05, 0) is 6.26 Å². The molecule has 0 N–H and O–H groups in total. The Morgan fingerprint density at radius 2 is 2.62 bits per heavy atom. The molecule has 1 aliphatic rings. The Morgan fingerprint density at radius 1 is 1.88 bits per heavy atom. The fraction of sp³-hybridized carbons (Fsp3) is 0.800. The number of thioether (sulfide) groups is 2. The van der Waals surface area contributed by atoms with Crippen LogP contribution in [-0.4, -0.2) is 22.4 Å². The van der Waals surface area contributed by atoms with Crippen molar-refractivity contribution < 1.29 is 0 Å². The monoisotopic (exact) mass is 147 g/mol. The summed E-state index contributed by atoms with van der Waals surface area (Å²) in [6, 6.07) is 0. The fourth-order valence-corrected chi connectivity index (χ4v) is 2.29. The molecule has 46 valence electrons. The average molecular weight is 147 g/mol. The highest BCUT2D eigenvalue weighted by Gasteiger charge is 2.12. The lowest BCUT2D eigenvalue weighted by atomic mass is 10.5. The number of rotatable bonds is 0. The number of hydrogen-bond acceptors (Lipinski definition) is 3. The second-order valence-corrected chi connectivity index (χ2v) is 4.22. The molecule has 0 bridgehead atoms. The van der Waals surface area contributed by atoms with Crippen LogP contribution in [0.25, 0.3) is 0 Å². The second kappa shape index (κ2) is 2.78. The lowest BCUT2D eigenvalue weighted by molar-refractivity contribution is 0.978. The topological polar surface area (TPSA) is 12.4 Å². The minimum Gasteiger partial charge on any atom is -0.271 e. The molecule has 0 saturated carbocycles. The van der Waals surface area contributed by atoms with Gasteiger partial charge in [-0.1, -0.05) is 18.7 Å². The van der Waals surface area contributed by atoms with Crippen molar-refractivity contribution >= 4 is 27.9 Å². The minimum absolute atomic E-state index is 0.720. The standard InChI is InChI=1S/C5H9NS2/c1-4-3-6-5(7-2)8-4/h4H,3H2,1-2H3/t4-/m1/s1. The van der Waals surface area contributed by atoms with Gasteiger partial charge >= 0.3 is 0 Å². The van der Waals surface area contributed by atoms with Crippen molar-refractivity contribution in [3.05, 3.63) is 0 Å². The van der Waals surface area contributed by atoms with E-state index in [0.717, 1.165) is 11.8 Å². The molecule has 1 nitrogen and oxygen atoms in total. The summed E-state index contributed by atoms with van der Waals surface area (Å²) in [5, 5.41) is 0.720. The highest BCUT2D eigenvalue weighted by atomic mass is 32.2. The van der Waals surface area contributed by atoms with Crippen LogP contribution in [0, 0.1) is 0 Å². The van der Waals surface area contributed by atoms with E-state index >= 15 is 0 Å². The first kappa shape index (κ1) is 6.49. The second-order valence-electron chi connectivity index (χ2n) is 1.74. The van der Waals surface area contributed by atoms with Crippen molar-refractivity contribution in [2.24, 2.45) is 4.99 Å². The third-order valence-electron chi connectivity index (χ3n) is 0.954. The van der Waals surface area contributed by atoms with Gasteiger partial charge in [0.25, 0.3) is 0 Å². The molecule has 0 unspecified atom stereocenters. The third kappa shape index (κ3) is 1.42. The van der Waals surface area contributed by atoms with E-state index in [1.54, 1.807) is 11.8 Å². The van der Waals surface area contributed by atoms with Gasteiger partial charge in [0.2, 0.25) is 0 Å². The Hall–Kier alpha value is 0.370. The smallest absolute Gasteiger partial charge is 0.124 e. The van der Waals surface area contributed by atoms with E-state index in [4.69, 9.17) is 0 Å². The summed E-state index contributed by atoms with van der Waals surface area (Å²) in [5.74, 6) is 0. The number of aliphatic imine (C=N–C) groups is 1. The van der Waals surface area contributed by atoms with Crippen LogP contribution in [0.4, 0.5) is 0 Å². The molecular formula is C5H9NS2. The van der Waals surface area contributed by atoms with Gasteiger partial charge in [0.1, 0.15) is 4.38 Å². The maximum Gasteiger partial charge on any atom is 0.124 e. The van der Waals surface area contributed by atoms with Crippen LogP contribution in [0.5, 0.6) is 0 Å². The summed E-state index contributed by atoms with van der Waals surface area (Å²) in [6.45, 7) is 3.22. The Kier molecular flexibility index (Phi) is 2.26. The molecule has 0 fully saturated rings. The lowest BCUT2D eigenvalue weighted by Crippen LogP contribution is -1.92. The Balaban J connectivity index is 2.37. The lowest BCUT2D eigenvalue weighted by Gasteiger charge is -1.94. The van der Waals surface area contributed by atoms with Gasteiger partial charge in [0.15, 0.2) is 0 Å². The van der Waals surface area contributed by atoms with E-state index in [1.165, 1.54) is 4.38 Å². The summed E-state index contributed by atoms with van der Waals surface area (Å²) < 4.78 is 1.25. The van der Waals surface area contributed by atoms with Crippen molar-refractivity contribution in [2.75, 3.05) is 12.8 Å². The van der Waals surface area contributed by atoms with Gasteiger partial charge in [-0.25, -0.2) is 0 Å². The first-order chi connectivity index (χ1) is 3.83. The van der Waals surface area contributed by atoms with Crippen LogP contribution in [0.3, 0.4) is 0 Å². The summed E-state index contributed by atoms with van der Waals surface area (Å²) in [6.07, 6.45) is 2.07. The molecule has 3 heteroatoms. The van der Waals surface area contributed by atoms with Gasteiger partial charge in [-0.3, -0.25) is 4.99 Å². The first-order valence-corrected chi connectivity index (χ1v) is 4.68. The molecular weight excluding hydrogens is 138 g/mol. The van der Waals surface area contributed by atoms with E-state index in [2.05, 4.69) is 18.2 Å². The van der Waals surface area contributed by atoms with Crippen molar-refractivity contribution in [3.8, 4) is 0 Å². The zero-order chi connectivity index (χ0) is 5.98. The molecule has 1 atom stereocenters. The Bertz CT molecular complexity index is 111. The molecule has 0 saturated heterocycles. The van der Waals surface area contributed by atoms with Gasteiger partial charge in [0.05, 0.1) is 6.54 Å². The van der Waals surface area contributed by atoms with Gasteiger partial charge in [-0.15, -0.1) is 11.8 Å². The van der Waals surface area contributed by atoms with Gasteiger partial charge < -0.3 is 0 Å². The molecule has 1 heterocycles. The highest BCUT2D eigenvalue weighted by Crippen LogP contribution is 2.25. The van der Waals surface area contributed by atoms with E-state index in [1.807, 2.05) is 11.8 Å². The van der Waals surface area contributed by atoms with Crippen LogP contribution >= 0.6 is 23.5 Å². The van der Waals surface area contributed by atoms with E-state index in [0.29, 0.717) is 0 Å². The van der Waals surface area contributed by atoms with Crippen LogP contribution in [0.1, 0.15) is 6.92 Å². The molecule has 0 radical (unpaired) electrons. The maximum atomic E-state index is 4.28. The predicted octanol–water partition coefficient (Wildman–Crippen LogP) is 1.84. The maximum absolute atomic E-state index is 4.28. The molecule has 0 spiro atoms. The van der Waals surface area contributed by atoms with Crippen LogP contribution in [0.15, 0.2) is 4.99 Å². The highest BCUT2D eigenvalue weighted by molar-refractivity contribution is 8.39. The third-order valence-corrected chi connectivity index (χ3v) is 3.10. The first-order valence-electron chi connectivity index (χ1n) is 2.58. The molecule has 0 aromatic heterocycles. The quantitative estimate of drug-likeness (QED) is 0.518. The van der Waals surface area contributed by atoms with Crippen molar-refractivity contribution in [1.82, 2.24) is 0 Å². The SMILES string of the molecule is CSC1=NC[C@@H](C)S1. The Labute approximate surface area is 58.3 Å². The zero-order valence-electron chi connectivity index (χ0n) is 5.05. The largest absolute Gasteiger partial charge is 0.271 e. The van der Waals surface area contributed by atoms with Crippen molar-refractivity contribution in [3.63, 3.8) is 0 Å². The zero-order valence-corrected chi connectivity index (χ0v) is 6.68. The average Bonchev–Trinajstić information content (AvgIpc) is 2.14. The van der Waals surface area contributed by atoms with E-state index in [-0.39, 0.29) is 0 Å². The summed E-state index contributed by atoms with van der Waals surface area (Å²) in [5.41, 5.74) is 0. The minimum atomic E-state index is 0.720. The summed E-state index contributed by atoms with van der Waals surface area (Å²) in [7, 11) is 0. The molecule has 1 rings (SSSR count). The van der Waals surface area contributed by atoms with Crippen molar-refractivity contribution in [1.29, 1.82) is 0 Å². The van der Waals surface area contributed by atoms with E-state index < -0.39 is 0 Å². The van der Waals surface area contributed by atoms with Crippen LogP contribution in [0.2, 0.25) is 0 Å². The van der Waals surface area contributed by atoms with Crippen LogP contribution in [-0.2, 0) is 0 Å². The summed E-state index contributed by atoms with van der Waals surface area (Å²) >= 11 is 3.63. The Morgan fingerprint density at radius 3 is 2.88 bits per heavy atom.